The van der Waals surface area contributed by atoms with Crippen LogP contribution in [0.1, 0.15) is 39.5 Å². The number of hydrogen-bond acceptors (Lipinski definition) is 4. The van der Waals surface area contributed by atoms with Crippen LogP contribution in [0.2, 0.25) is 0 Å². The summed E-state index contributed by atoms with van der Waals surface area (Å²) in [6.45, 7) is 5.27. The molecule has 0 unspecified atom stereocenters. The maximum absolute atomic E-state index is 13.3. The Bertz CT molecular complexity index is 334. The van der Waals surface area contributed by atoms with Crippen LogP contribution in [0.15, 0.2) is 6.20 Å². The Kier molecular flexibility index (Phi) is 6.29. The minimum absolute atomic E-state index is 0.0347. The van der Waals surface area contributed by atoms with Gasteiger partial charge in [-0.25, -0.2) is 4.98 Å². The van der Waals surface area contributed by atoms with Gasteiger partial charge in [-0.15, -0.1) is 0 Å². The molecule has 4 nitrogen and oxygen atoms in total. The van der Waals surface area contributed by atoms with Crippen LogP contribution < -0.4 is 10.1 Å². The van der Waals surface area contributed by atoms with E-state index in [1.165, 1.54) is 12.8 Å². The van der Waals surface area contributed by atoms with Crippen LogP contribution in [0.5, 0.6) is 5.88 Å². The summed E-state index contributed by atoms with van der Waals surface area (Å²) in [6.07, 6.45) is 5.51. The Balaban J connectivity index is 2.42. The fourth-order valence-corrected chi connectivity index (χ4v) is 1.39. The monoisotopic (exact) mass is 241 g/mol. The van der Waals surface area contributed by atoms with Crippen molar-refractivity contribution in [3.05, 3.63) is 12.0 Å². The third kappa shape index (κ3) is 4.97. The first-order valence-electron chi connectivity index (χ1n) is 6.17. The van der Waals surface area contributed by atoms with E-state index in [1.54, 1.807) is 0 Å². The molecule has 1 aromatic rings. The topological polar surface area (TPSA) is 47.0 Å². The van der Waals surface area contributed by atoms with E-state index >= 15 is 0 Å². The van der Waals surface area contributed by atoms with Crippen molar-refractivity contribution >= 4 is 5.95 Å². The summed E-state index contributed by atoms with van der Waals surface area (Å²) >= 11 is 0. The fourth-order valence-electron chi connectivity index (χ4n) is 1.39. The molecule has 1 heterocycles. The van der Waals surface area contributed by atoms with E-state index in [0.717, 1.165) is 19.0 Å². The Morgan fingerprint density at radius 2 is 2.12 bits per heavy atom. The van der Waals surface area contributed by atoms with Crippen molar-refractivity contribution in [3.8, 4) is 5.88 Å². The van der Waals surface area contributed by atoms with Gasteiger partial charge in [-0.1, -0.05) is 26.2 Å². The quantitative estimate of drug-likeness (QED) is 0.711. The van der Waals surface area contributed by atoms with Crippen LogP contribution >= 0.6 is 0 Å². The predicted octanol–water partition coefficient (Wildman–Crippen LogP) is 3.01. The molecule has 0 amide bonds. The molecule has 96 valence electrons. The van der Waals surface area contributed by atoms with E-state index in [2.05, 4.69) is 22.2 Å². The van der Waals surface area contributed by atoms with Gasteiger partial charge in [0.1, 0.15) is 0 Å². The molecular weight excluding hydrogens is 221 g/mol. The maximum Gasteiger partial charge on any atom is 0.255 e. The smallest absolute Gasteiger partial charge is 0.255 e. The van der Waals surface area contributed by atoms with Gasteiger partial charge >= 0.3 is 0 Å². The third-order valence-corrected chi connectivity index (χ3v) is 2.28. The summed E-state index contributed by atoms with van der Waals surface area (Å²) in [7, 11) is 0. The largest absolute Gasteiger partial charge is 0.475 e. The van der Waals surface area contributed by atoms with Gasteiger partial charge in [0, 0.05) is 6.54 Å². The van der Waals surface area contributed by atoms with Crippen molar-refractivity contribution in [2.45, 2.75) is 39.5 Å². The van der Waals surface area contributed by atoms with Gasteiger partial charge in [-0.05, 0) is 13.3 Å². The molecule has 1 N–H and O–H groups in total. The van der Waals surface area contributed by atoms with Crippen LogP contribution in [0.25, 0.3) is 0 Å². The standard InChI is InChI=1S/C12H20FN3O/c1-3-5-6-7-8-17-11-10(13)9-15-12(16-11)14-4-2/h9H,3-8H2,1-2H3,(H,14,15,16). The molecule has 0 aliphatic carbocycles. The molecule has 0 aliphatic rings. The summed E-state index contributed by atoms with van der Waals surface area (Å²) in [4.78, 5) is 7.77. The van der Waals surface area contributed by atoms with E-state index in [4.69, 9.17) is 4.74 Å². The second kappa shape index (κ2) is 7.81. The van der Waals surface area contributed by atoms with Crippen molar-refractivity contribution in [3.63, 3.8) is 0 Å². The van der Waals surface area contributed by atoms with Crippen molar-refractivity contribution < 1.29 is 9.13 Å². The highest BCUT2D eigenvalue weighted by Crippen LogP contribution is 2.15. The number of aromatic nitrogens is 2. The van der Waals surface area contributed by atoms with Crippen LogP contribution in [-0.2, 0) is 0 Å². The molecule has 0 aliphatic heterocycles. The van der Waals surface area contributed by atoms with Gasteiger partial charge in [-0.2, -0.15) is 9.37 Å². The molecule has 0 saturated heterocycles. The number of nitrogens with one attached hydrogen (secondary N) is 1. The first-order valence-corrected chi connectivity index (χ1v) is 6.17. The molecule has 5 heteroatoms. The molecule has 0 atom stereocenters. The summed E-state index contributed by atoms with van der Waals surface area (Å²) < 4.78 is 18.6. The van der Waals surface area contributed by atoms with Gasteiger partial charge in [0.15, 0.2) is 0 Å². The van der Waals surface area contributed by atoms with Gasteiger partial charge in [0.05, 0.1) is 12.8 Å². The Hall–Kier alpha value is -1.39. The van der Waals surface area contributed by atoms with Crippen molar-refractivity contribution in [2.75, 3.05) is 18.5 Å². The van der Waals surface area contributed by atoms with Crippen LogP contribution in [-0.4, -0.2) is 23.1 Å². The van der Waals surface area contributed by atoms with Gasteiger partial charge in [0.2, 0.25) is 11.8 Å². The summed E-state index contributed by atoms with van der Waals surface area (Å²) in [6, 6.07) is 0. The van der Waals surface area contributed by atoms with Crippen molar-refractivity contribution in [1.82, 2.24) is 9.97 Å². The van der Waals surface area contributed by atoms with E-state index in [9.17, 15) is 4.39 Å². The van der Waals surface area contributed by atoms with Crippen LogP contribution in [0.3, 0.4) is 0 Å². The molecule has 17 heavy (non-hydrogen) atoms. The summed E-state index contributed by atoms with van der Waals surface area (Å²) in [5.41, 5.74) is 0. The molecule has 0 spiro atoms. The number of nitrogens with zero attached hydrogens (tertiary/aromatic N) is 2. The lowest BCUT2D eigenvalue weighted by molar-refractivity contribution is 0.278. The van der Waals surface area contributed by atoms with E-state index in [0.29, 0.717) is 19.1 Å². The first kappa shape index (κ1) is 13.7. The number of halogens is 1. The Morgan fingerprint density at radius 1 is 1.29 bits per heavy atom. The number of anilines is 1. The minimum atomic E-state index is -0.512. The molecule has 0 radical (unpaired) electrons. The maximum atomic E-state index is 13.3. The molecule has 1 rings (SSSR count). The summed E-state index contributed by atoms with van der Waals surface area (Å²) in [5.74, 6) is -0.0768. The molecule has 0 aromatic carbocycles. The van der Waals surface area contributed by atoms with E-state index in [1.807, 2.05) is 6.92 Å². The second-order valence-electron chi connectivity index (χ2n) is 3.79. The van der Waals surface area contributed by atoms with Gasteiger partial charge < -0.3 is 10.1 Å². The van der Waals surface area contributed by atoms with E-state index in [-0.39, 0.29) is 5.88 Å². The lowest BCUT2D eigenvalue weighted by Gasteiger charge is -2.07. The zero-order valence-electron chi connectivity index (χ0n) is 10.5. The van der Waals surface area contributed by atoms with Gasteiger partial charge in [-0.3, -0.25) is 0 Å². The van der Waals surface area contributed by atoms with Crippen LogP contribution in [0, 0.1) is 5.82 Å². The molecular formula is C12H20FN3O. The Labute approximate surface area is 102 Å². The molecule has 0 bridgehead atoms. The normalized spacial score (nSPS) is 10.3. The minimum Gasteiger partial charge on any atom is -0.475 e. The van der Waals surface area contributed by atoms with Crippen molar-refractivity contribution in [2.24, 2.45) is 0 Å². The highest BCUT2D eigenvalue weighted by Gasteiger charge is 2.07. The number of ether oxygens (including phenoxy) is 1. The lowest BCUT2D eigenvalue weighted by Crippen LogP contribution is -2.06. The Morgan fingerprint density at radius 3 is 2.82 bits per heavy atom. The molecule has 0 saturated carbocycles. The SMILES string of the molecule is CCCCCCOc1nc(NCC)ncc1F. The zero-order chi connectivity index (χ0) is 12.5. The second-order valence-corrected chi connectivity index (χ2v) is 3.79. The lowest BCUT2D eigenvalue weighted by atomic mass is 10.2. The summed E-state index contributed by atoms with van der Waals surface area (Å²) in [5, 5.41) is 2.92. The third-order valence-electron chi connectivity index (χ3n) is 2.28. The first-order chi connectivity index (χ1) is 8.27. The van der Waals surface area contributed by atoms with E-state index < -0.39 is 5.82 Å². The fraction of sp³-hybridized carbons (Fsp3) is 0.667. The number of hydrogen-bond donors (Lipinski definition) is 1. The highest BCUT2D eigenvalue weighted by molar-refractivity contribution is 5.27. The van der Waals surface area contributed by atoms with Crippen LogP contribution in [0.4, 0.5) is 10.3 Å². The van der Waals surface area contributed by atoms with Gasteiger partial charge in [0.25, 0.3) is 5.88 Å². The molecule has 1 aromatic heterocycles. The van der Waals surface area contributed by atoms with Crippen molar-refractivity contribution in [1.29, 1.82) is 0 Å². The average Bonchev–Trinajstić information content (AvgIpc) is 2.33. The molecule has 0 fully saturated rings. The predicted molar refractivity (Wildman–Crippen MR) is 65.8 cm³/mol. The number of rotatable bonds is 8. The zero-order valence-corrected chi connectivity index (χ0v) is 10.5. The average molecular weight is 241 g/mol. The number of unbranched alkanes of at least 4 members (excludes halogenated alkanes) is 3. The highest BCUT2D eigenvalue weighted by atomic mass is 19.1.